The fraction of sp³-hybridized carbons (Fsp3) is 0.636. The Morgan fingerprint density at radius 2 is 2.39 bits per heavy atom. The average Bonchev–Trinajstić information content (AvgIpc) is 2.38. The van der Waals surface area contributed by atoms with E-state index in [0.717, 1.165) is 5.70 Å². The van der Waals surface area contributed by atoms with E-state index < -0.39 is 0 Å². The van der Waals surface area contributed by atoms with Gasteiger partial charge >= 0.3 is 0 Å². The molecule has 102 valence electrons. The van der Waals surface area contributed by atoms with Crippen LogP contribution in [0, 0.1) is 0 Å². The lowest BCUT2D eigenvalue weighted by Crippen LogP contribution is -2.41. The highest BCUT2D eigenvalue weighted by Gasteiger charge is 2.19. The molecular weight excluding hydrogens is 236 g/mol. The van der Waals surface area contributed by atoms with Crippen LogP contribution in [0.5, 0.6) is 0 Å². The van der Waals surface area contributed by atoms with E-state index in [1.165, 1.54) is 0 Å². The van der Waals surface area contributed by atoms with E-state index in [0.29, 0.717) is 38.6 Å². The molecule has 7 nitrogen and oxygen atoms in total. The lowest BCUT2D eigenvalue weighted by atomic mass is 10.3. The highest BCUT2D eigenvalue weighted by atomic mass is 16.7. The summed E-state index contributed by atoms with van der Waals surface area (Å²) in [5, 5.41) is 4.33. The van der Waals surface area contributed by atoms with Crippen LogP contribution >= 0.6 is 0 Å². The summed E-state index contributed by atoms with van der Waals surface area (Å²) in [6, 6.07) is 0. The van der Waals surface area contributed by atoms with Crippen molar-refractivity contribution >= 4 is 11.6 Å². The number of ether oxygens (including phenoxy) is 1. The van der Waals surface area contributed by atoms with E-state index in [1.54, 1.807) is 18.4 Å². The van der Waals surface area contributed by atoms with Crippen molar-refractivity contribution in [3.8, 4) is 0 Å². The monoisotopic (exact) mass is 256 g/mol. The van der Waals surface area contributed by atoms with Crippen LogP contribution in [0.25, 0.3) is 0 Å². The number of nitrogens with one attached hydrogen (secondary N) is 1. The summed E-state index contributed by atoms with van der Waals surface area (Å²) >= 11 is 0. The van der Waals surface area contributed by atoms with Crippen LogP contribution in [0.1, 0.15) is 6.92 Å². The second-order valence-electron chi connectivity index (χ2n) is 3.72. The molecule has 18 heavy (non-hydrogen) atoms. The molecule has 1 rings (SSSR count). The lowest BCUT2D eigenvalue weighted by molar-refractivity contribution is -0.117. The third kappa shape index (κ3) is 4.44. The molecule has 0 fully saturated rings. The van der Waals surface area contributed by atoms with E-state index in [4.69, 9.17) is 15.3 Å². The highest BCUT2D eigenvalue weighted by molar-refractivity contribution is 6.40. The summed E-state index contributed by atoms with van der Waals surface area (Å²) < 4.78 is 5.15. The van der Waals surface area contributed by atoms with Gasteiger partial charge in [-0.2, -0.15) is 0 Å². The molecule has 0 aromatic rings. The standard InChI is InChI=1S/C11H20N4O3/c1-9-7-14-10(8-15(9)17-2)11(16)13-4-6-18-5-3-12/h7H,3-6,8,12H2,1-2H3,(H,13,16). The molecule has 7 heteroatoms. The molecule has 0 bridgehead atoms. The molecule has 0 spiro atoms. The minimum absolute atomic E-state index is 0.211. The van der Waals surface area contributed by atoms with Crippen molar-refractivity contribution in [3.63, 3.8) is 0 Å². The topological polar surface area (TPSA) is 89.2 Å². The van der Waals surface area contributed by atoms with Gasteiger partial charge < -0.3 is 15.8 Å². The number of hydrogen-bond donors (Lipinski definition) is 2. The molecule has 3 N–H and O–H groups in total. The summed E-state index contributed by atoms with van der Waals surface area (Å²) in [6.45, 7) is 4.06. The maximum Gasteiger partial charge on any atom is 0.267 e. The molecule has 1 aliphatic rings. The molecule has 0 aliphatic carbocycles. The number of allylic oxidation sites excluding steroid dienone is 1. The first-order valence-corrected chi connectivity index (χ1v) is 5.80. The fourth-order valence-corrected chi connectivity index (χ4v) is 1.40. The molecule has 1 heterocycles. The minimum Gasteiger partial charge on any atom is -0.378 e. The number of carbonyl (C=O) groups is 1. The Kier molecular flexibility index (Phi) is 6.34. The first-order valence-electron chi connectivity index (χ1n) is 5.80. The van der Waals surface area contributed by atoms with Crippen LogP contribution in [0.15, 0.2) is 16.9 Å². The van der Waals surface area contributed by atoms with Gasteiger partial charge in [0.15, 0.2) is 0 Å². The Balaban J connectivity index is 2.34. The van der Waals surface area contributed by atoms with Gasteiger partial charge in [-0.1, -0.05) is 0 Å². The van der Waals surface area contributed by atoms with Crippen molar-refractivity contribution < 1.29 is 14.4 Å². The number of nitrogens with two attached hydrogens (primary N) is 1. The Labute approximate surface area is 107 Å². The lowest BCUT2D eigenvalue weighted by Gasteiger charge is -2.25. The number of amides is 1. The van der Waals surface area contributed by atoms with E-state index in [1.807, 2.05) is 6.92 Å². The van der Waals surface area contributed by atoms with Gasteiger partial charge in [0, 0.05) is 19.3 Å². The molecule has 0 saturated carbocycles. The highest BCUT2D eigenvalue weighted by Crippen LogP contribution is 2.08. The van der Waals surface area contributed by atoms with Crippen LogP contribution in [0.2, 0.25) is 0 Å². The van der Waals surface area contributed by atoms with Gasteiger partial charge in [-0.3, -0.25) is 19.7 Å². The quantitative estimate of drug-likeness (QED) is 0.585. The molecule has 0 aromatic carbocycles. The number of rotatable bonds is 7. The van der Waals surface area contributed by atoms with Gasteiger partial charge in [-0.05, 0) is 6.92 Å². The largest absolute Gasteiger partial charge is 0.378 e. The van der Waals surface area contributed by atoms with Crippen LogP contribution in [0.4, 0.5) is 0 Å². The Bertz CT molecular complexity index is 341. The predicted octanol–water partition coefficient (Wildman–Crippen LogP) is -0.743. The van der Waals surface area contributed by atoms with Gasteiger partial charge in [0.1, 0.15) is 5.71 Å². The summed E-state index contributed by atoms with van der Waals surface area (Å²) in [5.41, 5.74) is 6.55. The second kappa shape index (κ2) is 7.80. The third-order valence-corrected chi connectivity index (χ3v) is 2.37. The van der Waals surface area contributed by atoms with Crippen molar-refractivity contribution in [3.05, 3.63) is 11.9 Å². The first-order chi connectivity index (χ1) is 8.69. The van der Waals surface area contributed by atoms with Crippen molar-refractivity contribution in [2.24, 2.45) is 10.7 Å². The predicted molar refractivity (Wildman–Crippen MR) is 67.8 cm³/mol. The Hall–Kier alpha value is -1.44. The van der Waals surface area contributed by atoms with E-state index in [2.05, 4.69) is 10.3 Å². The molecular formula is C11H20N4O3. The number of aliphatic imine (C=N–C) groups is 1. The first kappa shape index (κ1) is 14.6. The van der Waals surface area contributed by atoms with Crippen LogP contribution < -0.4 is 11.1 Å². The van der Waals surface area contributed by atoms with Crippen molar-refractivity contribution in [2.75, 3.05) is 40.0 Å². The Morgan fingerprint density at radius 1 is 1.61 bits per heavy atom. The van der Waals surface area contributed by atoms with Gasteiger partial charge in [-0.25, -0.2) is 0 Å². The zero-order valence-electron chi connectivity index (χ0n) is 10.8. The van der Waals surface area contributed by atoms with Crippen molar-refractivity contribution in [2.45, 2.75) is 6.92 Å². The maximum absolute atomic E-state index is 11.8. The fourth-order valence-electron chi connectivity index (χ4n) is 1.40. The summed E-state index contributed by atoms with van der Waals surface area (Å²) in [6.07, 6.45) is 1.60. The SMILES string of the molecule is CON1CC(C(=O)NCCOCCN)=NC=C1C. The van der Waals surface area contributed by atoms with Crippen LogP contribution in [-0.4, -0.2) is 56.6 Å². The molecule has 0 radical (unpaired) electrons. The molecule has 0 saturated heterocycles. The molecule has 1 aliphatic heterocycles. The minimum atomic E-state index is -0.211. The zero-order valence-corrected chi connectivity index (χ0v) is 10.8. The van der Waals surface area contributed by atoms with Gasteiger partial charge in [-0.15, -0.1) is 0 Å². The molecule has 1 amide bonds. The smallest absolute Gasteiger partial charge is 0.267 e. The number of nitrogens with zero attached hydrogens (tertiary/aromatic N) is 2. The van der Waals surface area contributed by atoms with Gasteiger partial charge in [0.05, 0.1) is 32.6 Å². The Morgan fingerprint density at radius 3 is 3.06 bits per heavy atom. The average molecular weight is 256 g/mol. The zero-order chi connectivity index (χ0) is 13.4. The van der Waals surface area contributed by atoms with Crippen LogP contribution in [-0.2, 0) is 14.4 Å². The molecule has 0 atom stereocenters. The number of carbonyl (C=O) groups excluding carboxylic acids is 1. The summed E-state index contributed by atoms with van der Waals surface area (Å²) in [4.78, 5) is 21.0. The number of hydrogen-bond acceptors (Lipinski definition) is 6. The van der Waals surface area contributed by atoms with Crippen molar-refractivity contribution in [1.82, 2.24) is 10.4 Å². The third-order valence-electron chi connectivity index (χ3n) is 2.37. The van der Waals surface area contributed by atoms with Gasteiger partial charge in [0.2, 0.25) is 0 Å². The normalized spacial score (nSPS) is 15.2. The van der Waals surface area contributed by atoms with Crippen LogP contribution in [0.3, 0.4) is 0 Å². The maximum atomic E-state index is 11.8. The number of hydroxylamine groups is 2. The molecule has 0 unspecified atom stereocenters. The second-order valence-corrected chi connectivity index (χ2v) is 3.72. The van der Waals surface area contributed by atoms with Crippen molar-refractivity contribution in [1.29, 1.82) is 0 Å². The molecule has 0 aromatic heterocycles. The van der Waals surface area contributed by atoms with E-state index in [9.17, 15) is 4.79 Å². The van der Waals surface area contributed by atoms with Gasteiger partial charge in [0.25, 0.3) is 5.91 Å². The summed E-state index contributed by atoms with van der Waals surface area (Å²) in [5.74, 6) is -0.211. The van der Waals surface area contributed by atoms with E-state index >= 15 is 0 Å². The van der Waals surface area contributed by atoms with E-state index in [-0.39, 0.29) is 5.91 Å². The summed E-state index contributed by atoms with van der Waals surface area (Å²) in [7, 11) is 1.55.